The number of nitrogens with one attached hydrogen (secondary N) is 1. The first-order valence-electron chi connectivity index (χ1n) is 8.54. The van der Waals surface area contributed by atoms with Gasteiger partial charge in [0.2, 0.25) is 0 Å². The SMILES string of the molecule is CCCOC(=NCCN1CCOCC1)NC(=O)c1cccc(C)c1. The molecule has 1 heterocycles. The van der Waals surface area contributed by atoms with E-state index in [4.69, 9.17) is 9.47 Å². The van der Waals surface area contributed by atoms with E-state index >= 15 is 0 Å². The van der Waals surface area contributed by atoms with Gasteiger partial charge in [0, 0.05) is 25.2 Å². The second-order valence-electron chi connectivity index (χ2n) is 5.81. The zero-order valence-electron chi connectivity index (χ0n) is 14.6. The number of ether oxygens (including phenoxy) is 2. The zero-order chi connectivity index (χ0) is 17.2. The third-order valence-electron chi connectivity index (χ3n) is 3.72. The summed E-state index contributed by atoms with van der Waals surface area (Å²) in [5.41, 5.74) is 1.65. The largest absolute Gasteiger partial charge is 0.465 e. The molecule has 1 aromatic carbocycles. The topological polar surface area (TPSA) is 63.2 Å². The third-order valence-corrected chi connectivity index (χ3v) is 3.72. The lowest BCUT2D eigenvalue weighted by molar-refractivity contribution is 0.0394. The molecule has 0 unspecified atom stereocenters. The fourth-order valence-corrected chi connectivity index (χ4v) is 2.39. The van der Waals surface area contributed by atoms with E-state index in [-0.39, 0.29) is 5.91 Å². The molecule has 0 aromatic heterocycles. The van der Waals surface area contributed by atoms with Crippen LogP contribution in [0.25, 0.3) is 0 Å². The molecule has 1 aliphatic heterocycles. The molecule has 0 atom stereocenters. The molecule has 1 saturated heterocycles. The van der Waals surface area contributed by atoms with Gasteiger partial charge in [-0.2, -0.15) is 0 Å². The Hall–Kier alpha value is -1.92. The lowest BCUT2D eigenvalue weighted by Gasteiger charge is -2.25. The minimum atomic E-state index is -0.195. The van der Waals surface area contributed by atoms with Gasteiger partial charge in [-0.15, -0.1) is 0 Å². The number of aliphatic imine (C=N–C) groups is 1. The van der Waals surface area contributed by atoms with Crippen molar-refractivity contribution in [2.45, 2.75) is 20.3 Å². The van der Waals surface area contributed by atoms with Crippen LogP contribution in [0.2, 0.25) is 0 Å². The Morgan fingerprint density at radius 1 is 1.38 bits per heavy atom. The molecule has 2 rings (SSSR count). The van der Waals surface area contributed by atoms with Gasteiger partial charge in [-0.25, -0.2) is 4.99 Å². The van der Waals surface area contributed by atoms with Gasteiger partial charge >= 0.3 is 0 Å². The molecule has 1 fully saturated rings. The summed E-state index contributed by atoms with van der Waals surface area (Å²) in [6.45, 7) is 9.34. The number of aryl methyl sites for hydroxylation is 1. The maximum atomic E-state index is 12.3. The lowest BCUT2D eigenvalue weighted by atomic mass is 10.1. The van der Waals surface area contributed by atoms with Crippen molar-refractivity contribution in [1.29, 1.82) is 0 Å². The fraction of sp³-hybridized carbons (Fsp3) is 0.556. The smallest absolute Gasteiger partial charge is 0.291 e. The van der Waals surface area contributed by atoms with Crippen molar-refractivity contribution in [2.24, 2.45) is 4.99 Å². The summed E-state index contributed by atoms with van der Waals surface area (Å²) >= 11 is 0. The summed E-state index contributed by atoms with van der Waals surface area (Å²) in [6, 6.07) is 7.76. The fourth-order valence-electron chi connectivity index (χ4n) is 2.39. The Balaban J connectivity index is 1.90. The van der Waals surface area contributed by atoms with E-state index < -0.39 is 0 Å². The van der Waals surface area contributed by atoms with Crippen molar-refractivity contribution in [2.75, 3.05) is 46.0 Å². The number of rotatable bonds is 6. The molecular weight excluding hydrogens is 306 g/mol. The number of benzene rings is 1. The highest BCUT2D eigenvalue weighted by Gasteiger charge is 2.12. The first-order valence-corrected chi connectivity index (χ1v) is 8.54. The molecule has 0 saturated carbocycles. The Morgan fingerprint density at radius 2 is 2.17 bits per heavy atom. The maximum absolute atomic E-state index is 12.3. The predicted molar refractivity (Wildman–Crippen MR) is 94.4 cm³/mol. The van der Waals surface area contributed by atoms with Gasteiger partial charge in [-0.05, 0) is 25.5 Å². The van der Waals surface area contributed by atoms with E-state index in [0.29, 0.717) is 24.7 Å². The molecule has 24 heavy (non-hydrogen) atoms. The van der Waals surface area contributed by atoms with E-state index in [2.05, 4.69) is 15.2 Å². The monoisotopic (exact) mass is 333 g/mol. The normalized spacial score (nSPS) is 16.0. The van der Waals surface area contributed by atoms with Gasteiger partial charge in [0.05, 0.1) is 26.4 Å². The van der Waals surface area contributed by atoms with Gasteiger partial charge < -0.3 is 9.47 Å². The number of carbonyl (C=O) groups excluding carboxylic acids is 1. The number of carbonyl (C=O) groups is 1. The van der Waals surface area contributed by atoms with Crippen LogP contribution in [0.5, 0.6) is 0 Å². The van der Waals surface area contributed by atoms with Crippen molar-refractivity contribution >= 4 is 11.9 Å². The van der Waals surface area contributed by atoms with E-state index in [9.17, 15) is 4.79 Å². The van der Waals surface area contributed by atoms with Crippen LogP contribution in [0.15, 0.2) is 29.3 Å². The number of nitrogens with zero attached hydrogens (tertiary/aromatic N) is 2. The van der Waals surface area contributed by atoms with Crippen molar-refractivity contribution < 1.29 is 14.3 Å². The van der Waals surface area contributed by atoms with Gasteiger partial charge in [0.1, 0.15) is 0 Å². The van der Waals surface area contributed by atoms with Crippen molar-refractivity contribution in [3.05, 3.63) is 35.4 Å². The summed E-state index contributed by atoms with van der Waals surface area (Å²) in [4.78, 5) is 19.1. The number of amides is 1. The molecule has 1 N–H and O–H groups in total. The van der Waals surface area contributed by atoms with Crippen LogP contribution in [0.3, 0.4) is 0 Å². The number of hydrogen-bond acceptors (Lipinski definition) is 5. The van der Waals surface area contributed by atoms with Crippen LogP contribution in [0.4, 0.5) is 0 Å². The van der Waals surface area contributed by atoms with Gasteiger partial charge in [-0.3, -0.25) is 15.0 Å². The Morgan fingerprint density at radius 3 is 2.88 bits per heavy atom. The van der Waals surface area contributed by atoms with Crippen molar-refractivity contribution in [1.82, 2.24) is 10.2 Å². The molecule has 6 nitrogen and oxygen atoms in total. The minimum Gasteiger partial charge on any atom is -0.465 e. The first kappa shape index (κ1) is 18.4. The molecule has 1 aliphatic rings. The molecule has 0 radical (unpaired) electrons. The Bertz CT molecular complexity index is 554. The van der Waals surface area contributed by atoms with Gasteiger partial charge in [0.25, 0.3) is 11.9 Å². The van der Waals surface area contributed by atoms with Crippen LogP contribution in [-0.4, -0.2) is 62.8 Å². The molecule has 1 amide bonds. The summed E-state index contributed by atoms with van der Waals surface area (Å²) < 4.78 is 10.9. The highest BCUT2D eigenvalue weighted by atomic mass is 16.5. The van der Waals surface area contributed by atoms with E-state index in [1.165, 1.54) is 0 Å². The second kappa shape index (κ2) is 10.1. The minimum absolute atomic E-state index is 0.195. The standard InChI is InChI=1S/C18H27N3O3/c1-3-11-24-18(19-7-8-21-9-12-23-13-10-21)20-17(22)16-6-4-5-15(2)14-16/h4-6,14H,3,7-13H2,1-2H3,(H,19,20,22). The molecule has 6 heteroatoms. The summed E-state index contributed by atoms with van der Waals surface area (Å²) in [7, 11) is 0. The molecule has 0 spiro atoms. The molecule has 0 bridgehead atoms. The third kappa shape index (κ3) is 6.29. The predicted octanol–water partition coefficient (Wildman–Crippen LogP) is 1.84. The van der Waals surface area contributed by atoms with Crippen LogP contribution >= 0.6 is 0 Å². The average Bonchev–Trinajstić information content (AvgIpc) is 2.60. The second-order valence-corrected chi connectivity index (χ2v) is 5.81. The molecule has 132 valence electrons. The Labute approximate surface area is 143 Å². The summed E-state index contributed by atoms with van der Waals surface area (Å²) in [6.07, 6.45) is 0.864. The van der Waals surface area contributed by atoms with Gasteiger partial charge in [-0.1, -0.05) is 24.6 Å². The van der Waals surface area contributed by atoms with Crippen LogP contribution in [0, 0.1) is 6.92 Å². The van der Waals surface area contributed by atoms with Crippen LogP contribution in [-0.2, 0) is 9.47 Å². The molecular formula is C18H27N3O3. The van der Waals surface area contributed by atoms with E-state index in [1.54, 1.807) is 6.07 Å². The quantitative estimate of drug-likeness (QED) is 0.637. The van der Waals surface area contributed by atoms with Crippen LogP contribution < -0.4 is 5.32 Å². The van der Waals surface area contributed by atoms with Crippen molar-refractivity contribution in [3.8, 4) is 0 Å². The van der Waals surface area contributed by atoms with Gasteiger partial charge in [0.15, 0.2) is 0 Å². The highest BCUT2D eigenvalue weighted by molar-refractivity contribution is 6.04. The van der Waals surface area contributed by atoms with E-state index in [0.717, 1.165) is 44.8 Å². The lowest BCUT2D eigenvalue weighted by Crippen LogP contribution is -2.38. The Kier molecular flexibility index (Phi) is 7.71. The van der Waals surface area contributed by atoms with E-state index in [1.807, 2.05) is 32.0 Å². The number of morpholine rings is 1. The van der Waals surface area contributed by atoms with Crippen molar-refractivity contribution in [3.63, 3.8) is 0 Å². The highest BCUT2D eigenvalue weighted by Crippen LogP contribution is 2.04. The van der Waals surface area contributed by atoms with Crippen LogP contribution in [0.1, 0.15) is 29.3 Å². The average molecular weight is 333 g/mol. The number of hydrogen-bond donors (Lipinski definition) is 1. The maximum Gasteiger partial charge on any atom is 0.291 e. The first-order chi connectivity index (χ1) is 11.7. The molecule has 0 aliphatic carbocycles. The molecule has 1 aromatic rings. The summed E-state index contributed by atoms with van der Waals surface area (Å²) in [5, 5.41) is 2.78. The number of amidine groups is 1. The zero-order valence-corrected chi connectivity index (χ0v) is 14.6. The summed E-state index contributed by atoms with van der Waals surface area (Å²) in [5.74, 6) is -0.195.